The lowest BCUT2D eigenvalue weighted by atomic mass is 10.1. The maximum absolute atomic E-state index is 4.56. The van der Waals surface area contributed by atoms with Gasteiger partial charge in [0.15, 0.2) is 11.0 Å². The van der Waals surface area contributed by atoms with E-state index < -0.39 is 0 Å². The van der Waals surface area contributed by atoms with Crippen molar-refractivity contribution in [1.82, 2.24) is 20.1 Å². The van der Waals surface area contributed by atoms with Crippen molar-refractivity contribution < 1.29 is 0 Å². The Bertz CT molecular complexity index is 593. The standard InChI is InChI=1S/C14H17N5S/c1-2-19-10-17-18-13(19)9-16-14-15-8-12(20-14)11-6-4-3-5-7-11/h3-7,10,12H,2,8-9H2,1H3,(H,15,16). The minimum atomic E-state index is 0.419. The number of aliphatic imine (C=N–C) groups is 1. The number of nitrogens with one attached hydrogen (secondary N) is 1. The van der Waals surface area contributed by atoms with Crippen LogP contribution in [-0.4, -0.2) is 26.5 Å². The highest BCUT2D eigenvalue weighted by Gasteiger charge is 2.21. The lowest BCUT2D eigenvalue weighted by Gasteiger charge is -2.09. The summed E-state index contributed by atoms with van der Waals surface area (Å²) < 4.78 is 2.03. The second kappa shape index (κ2) is 6.09. The van der Waals surface area contributed by atoms with Crippen LogP contribution in [-0.2, 0) is 13.1 Å². The summed E-state index contributed by atoms with van der Waals surface area (Å²) in [4.78, 5) is 4.56. The maximum atomic E-state index is 4.56. The van der Waals surface area contributed by atoms with Gasteiger partial charge in [-0.05, 0) is 12.5 Å². The molecule has 3 rings (SSSR count). The topological polar surface area (TPSA) is 55.1 Å². The number of nitrogens with zero attached hydrogens (tertiary/aromatic N) is 4. The third-order valence-corrected chi connectivity index (χ3v) is 4.46. The van der Waals surface area contributed by atoms with Gasteiger partial charge in [-0.1, -0.05) is 42.1 Å². The molecule has 0 radical (unpaired) electrons. The molecule has 1 unspecified atom stereocenters. The zero-order valence-electron chi connectivity index (χ0n) is 11.4. The number of hydrogen-bond donors (Lipinski definition) is 1. The van der Waals surface area contributed by atoms with E-state index in [1.165, 1.54) is 5.56 Å². The van der Waals surface area contributed by atoms with Gasteiger partial charge >= 0.3 is 0 Å². The van der Waals surface area contributed by atoms with Crippen molar-refractivity contribution in [2.75, 3.05) is 6.54 Å². The average molecular weight is 287 g/mol. The summed E-state index contributed by atoms with van der Waals surface area (Å²) in [5.74, 6) is 0.943. The molecule has 0 bridgehead atoms. The number of aryl methyl sites for hydroxylation is 1. The molecule has 0 saturated carbocycles. The van der Waals surface area contributed by atoms with E-state index in [1.54, 1.807) is 18.1 Å². The van der Waals surface area contributed by atoms with Crippen LogP contribution in [0.4, 0.5) is 0 Å². The largest absolute Gasteiger partial charge is 0.358 e. The normalized spacial score (nSPS) is 18.1. The van der Waals surface area contributed by atoms with Gasteiger partial charge in [-0.25, -0.2) is 0 Å². The molecule has 0 aliphatic carbocycles. The number of benzene rings is 1. The van der Waals surface area contributed by atoms with Gasteiger partial charge in [-0.3, -0.25) is 4.99 Å². The molecule has 2 heterocycles. The van der Waals surface area contributed by atoms with E-state index in [0.29, 0.717) is 11.8 Å². The van der Waals surface area contributed by atoms with Crippen molar-refractivity contribution in [3.8, 4) is 0 Å². The van der Waals surface area contributed by atoms with E-state index >= 15 is 0 Å². The van der Waals surface area contributed by atoms with Crippen molar-refractivity contribution in [3.05, 3.63) is 48.0 Å². The van der Waals surface area contributed by atoms with Gasteiger partial charge in [0.25, 0.3) is 0 Å². The second-order valence-corrected chi connectivity index (χ2v) is 5.74. The summed E-state index contributed by atoms with van der Waals surface area (Å²) in [5, 5.41) is 12.8. The summed E-state index contributed by atoms with van der Waals surface area (Å²) in [7, 11) is 0. The number of amidine groups is 1. The third kappa shape index (κ3) is 2.85. The van der Waals surface area contributed by atoms with E-state index in [4.69, 9.17) is 0 Å². The van der Waals surface area contributed by atoms with Gasteiger partial charge in [-0.15, -0.1) is 10.2 Å². The fraction of sp³-hybridized carbons (Fsp3) is 0.357. The molecule has 1 aliphatic rings. The smallest absolute Gasteiger partial charge is 0.157 e. The quantitative estimate of drug-likeness (QED) is 0.937. The Morgan fingerprint density at radius 1 is 1.35 bits per heavy atom. The summed E-state index contributed by atoms with van der Waals surface area (Å²) in [6, 6.07) is 10.5. The number of rotatable bonds is 4. The molecule has 104 valence electrons. The molecule has 0 spiro atoms. The van der Waals surface area contributed by atoms with E-state index in [1.807, 2.05) is 10.6 Å². The minimum absolute atomic E-state index is 0.419. The van der Waals surface area contributed by atoms with E-state index in [9.17, 15) is 0 Å². The Kier molecular flexibility index (Phi) is 4.01. The van der Waals surface area contributed by atoms with Gasteiger partial charge in [0.05, 0.1) is 18.3 Å². The van der Waals surface area contributed by atoms with Crippen molar-refractivity contribution in [2.45, 2.75) is 25.3 Å². The summed E-state index contributed by atoms with van der Waals surface area (Å²) in [5.41, 5.74) is 1.33. The van der Waals surface area contributed by atoms with Crippen LogP contribution in [0.1, 0.15) is 23.6 Å². The van der Waals surface area contributed by atoms with Crippen molar-refractivity contribution in [3.63, 3.8) is 0 Å². The van der Waals surface area contributed by atoms with Crippen LogP contribution >= 0.6 is 11.8 Å². The number of thioether (sulfide) groups is 1. The molecule has 1 atom stereocenters. The first-order valence-electron chi connectivity index (χ1n) is 6.73. The lowest BCUT2D eigenvalue weighted by molar-refractivity contribution is 0.680. The fourth-order valence-electron chi connectivity index (χ4n) is 2.15. The summed E-state index contributed by atoms with van der Waals surface area (Å²) >= 11 is 1.78. The van der Waals surface area contributed by atoms with Crippen LogP contribution in [0, 0.1) is 0 Å². The van der Waals surface area contributed by atoms with Gasteiger partial charge in [0.1, 0.15) is 6.33 Å². The predicted octanol–water partition coefficient (Wildman–Crippen LogP) is 2.23. The Hall–Kier alpha value is -1.82. The third-order valence-electron chi connectivity index (χ3n) is 3.26. The number of hydrogen-bond acceptors (Lipinski definition) is 5. The van der Waals surface area contributed by atoms with Crippen LogP contribution in [0.5, 0.6) is 0 Å². The van der Waals surface area contributed by atoms with E-state index in [0.717, 1.165) is 24.1 Å². The maximum Gasteiger partial charge on any atom is 0.157 e. The zero-order valence-corrected chi connectivity index (χ0v) is 12.2. The molecule has 1 N–H and O–H groups in total. The Morgan fingerprint density at radius 3 is 3.00 bits per heavy atom. The van der Waals surface area contributed by atoms with Crippen LogP contribution in [0.15, 0.2) is 41.7 Å². The van der Waals surface area contributed by atoms with Crippen LogP contribution in [0.25, 0.3) is 0 Å². The molecule has 0 saturated heterocycles. The highest BCUT2D eigenvalue weighted by Crippen LogP contribution is 2.34. The Labute approximate surface area is 122 Å². The van der Waals surface area contributed by atoms with Crippen LogP contribution in [0.2, 0.25) is 0 Å². The van der Waals surface area contributed by atoms with Gasteiger partial charge in [-0.2, -0.15) is 0 Å². The molecule has 1 aromatic heterocycles. The first kappa shape index (κ1) is 13.2. The lowest BCUT2D eigenvalue weighted by Crippen LogP contribution is -2.21. The summed E-state index contributed by atoms with van der Waals surface area (Å²) in [6.07, 6.45) is 1.76. The molecule has 0 amide bonds. The molecule has 1 aromatic carbocycles. The highest BCUT2D eigenvalue weighted by atomic mass is 32.2. The molecular formula is C14H17N5S. The van der Waals surface area contributed by atoms with Crippen LogP contribution in [0.3, 0.4) is 0 Å². The SMILES string of the molecule is CCn1cnnc1CNC1=NCC(c2ccccc2)S1. The van der Waals surface area contributed by atoms with Gasteiger partial charge in [0.2, 0.25) is 0 Å². The Morgan fingerprint density at radius 2 is 2.20 bits per heavy atom. The van der Waals surface area contributed by atoms with Gasteiger partial charge in [0, 0.05) is 6.54 Å². The first-order chi connectivity index (χ1) is 9.86. The monoisotopic (exact) mass is 287 g/mol. The minimum Gasteiger partial charge on any atom is -0.358 e. The van der Waals surface area contributed by atoms with E-state index in [2.05, 4.69) is 51.7 Å². The first-order valence-corrected chi connectivity index (χ1v) is 7.61. The molecular weight excluding hydrogens is 270 g/mol. The van der Waals surface area contributed by atoms with Crippen molar-refractivity contribution in [1.29, 1.82) is 0 Å². The van der Waals surface area contributed by atoms with Crippen LogP contribution < -0.4 is 5.32 Å². The molecule has 6 heteroatoms. The average Bonchev–Trinajstić information content (AvgIpc) is 3.15. The van der Waals surface area contributed by atoms with Crippen molar-refractivity contribution in [2.24, 2.45) is 4.99 Å². The van der Waals surface area contributed by atoms with Gasteiger partial charge < -0.3 is 9.88 Å². The van der Waals surface area contributed by atoms with Crippen molar-refractivity contribution >= 4 is 16.9 Å². The molecule has 5 nitrogen and oxygen atoms in total. The zero-order chi connectivity index (χ0) is 13.8. The predicted molar refractivity (Wildman–Crippen MR) is 81.6 cm³/mol. The molecule has 2 aromatic rings. The molecule has 1 aliphatic heterocycles. The second-order valence-electron chi connectivity index (χ2n) is 4.55. The fourth-order valence-corrected chi connectivity index (χ4v) is 3.16. The highest BCUT2D eigenvalue weighted by molar-refractivity contribution is 8.14. The molecule has 20 heavy (non-hydrogen) atoms. The number of aromatic nitrogens is 3. The Balaban J connectivity index is 1.56. The van der Waals surface area contributed by atoms with E-state index in [-0.39, 0.29) is 0 Å². The molecule has 0 fully saturated rings. The summed E-state index contributed by atoms with van der Waals surface area (Å²) in [6.45, 7) is 4.47.